The number of phenols is 1. The summed E-state index contributed by atoms with van der Waals surface area (Å²) >= 11 is 0. The number of aromatic hydroxyl groups is 1. The molecule has 0 spiro atoms. The number of hydrogen-bond donors (Lipinski definition) is 2. The standard InChI is InChI=1S/C25H21N3O2/c29-20-13-11-18(12-14-20)24-21-22(17-7-3-1-4-8-17)26-15-16-27-23(21)25(30)28(24)19-9-5-2-6-10-19/h1-14,24,27,29H,15-16H2. The molecule has 1 amide bonds. The van der Waals surface area contributed by atoms with Gasteiger partial charge < -0.3 is 10.4 Å². The molecular formula is C25H21N3O2. The predicted octanol–water partition coefficient (Wildman–Crippen LogP) is 3.83. The van der Waals surface area contributed by atoms with Crippen molar-refractivity contribution in [3.8, 4) is 5.75 Å². The number of nitrogens with one attached hydrogen (secondary N) is 1. The lowest BCUT2D eigenvalue weighted by Gasteiger charge is -2.28. The number of anilines is 1. The molecule has 0 bridgehead atoms. The highest BCUT2D eigenvalue weighted by Crippen LogP contribution is 2.42. The molecule has 0 aliphatic carbocycles. The minimum Gasteiger partial charge on any atom is -0.508 e. The summed E-state index contributed by atoms with van der Waals surface area (Å²) in [5.74, 6) is 0.124. The van der Waals surface area contributed by atoms with Crippen LogP contribution < -0.4 is 10.2 Å². The van der Waals surface area contributed by atoms with Crippen LogP contribution >= 0.6 is 0 Å². The van der Waals surface area contributed by atoms with Crippen LogP contribution in [0.2, 0.25) is 0 Å². The molecule has 2 N–H and O–H groups in total. The minimum absolute atomic E-state index is 0.0696. The van der Waals surface area contributed by atoms with Gasteiger partial charge in [-0.1, -0.05) is 60.7 Å². The Morgan fingerprint density at radius 3 is 2.27 bits per heavy atom. The molecule has 5 nitrogen and oxygen atoms in total. The molecule has 1 unspecified atom stereocenters. The molecule has 2 aliphatic rings. The number of amides is 1. The zero-order chi connectivity index (χ0) is 20.5. The van der Waals surface area contributed by atoms with E-state index in [1.165, 1.54) is 0 Å². The average Bonchev–Trinajstić information content (AvgIpc) is 2.93. The first kappa shape index (κ1) is 18.2. The Morgan fingerprint density at radius 2 is 1.57 bits per heavy atom. The highest BCUT2D eigenvalue weighted by Gasteiger charge is 2.43. The van der Waals surface area contributed by atoms with Crippen molar-refractivity contribution in [2.24, 2.45) is 4.99 Å². The van der Waals surface area contributed by atoms with E-state index in [1.54, 1.807) is 12.1 Å². The van der Waals surface area contributed by atoms with Crippen LogP contribution in [-0.4, -0.2) is 29.8 Å². The summed E-state index contributed by atoms with van der Waals surface area (Å²) < 4.78 is 0. The lowest BCUT2D eigenvalue weighted by atomic mass is 9.91. The molecule has 30 heavy (non-hydrogen) atoms. The molecule has 0 radical (unpaired) electrons. The summed E-state index contributed by atoms with van der Waals surface area (Å²) in [5.41, 5.74) is 5.03. The Balaban J connectivity index is 1.73. The van der Waals surface area contributed by atoms with Crippen molar-refractivity contribution < 1.29 is 9.90 Å². The third-order valence-corrected chi connectivity index (χ3v) is 5.46. The van der Waals surface area contributed by atoms with Gasteiger partial charge in [-0.25, -0.2) is 0 Å². The van der Waals surface area contributed by atoms with Crippen LogP contribution in [0.5, 0.6) is 5.75 Å². The van der Waals surface area contributed by atoms with Gasteiger partial charge in [-0.2, -0.15) is 0 Å². The first-order valence-corrected chi connectivity index (χ1v) is 10.00. The van der Waals surface area contributed by atoms with Crippen molar-refractivity contribution in [2.75, 3.05) is 18.0 Å². The van der Waals surface area contributed by atoms with E-state index in [1.807, 2.05) is 77.7 Å². The Hall–Kier alpha value is -3.86. The summed E-state index contributed by atoms with van der Waals surface area (Å²) in [6.07, 6.45) is 0. The summed E-state index contributed by atoms with van der Waals surface area (Å²) in [7, 11) is 0. The van der Waals surface area contributed by atoms with Gasteiger partial charge in [-0.15, -0.1) is 0 Å². The fourth-order valence-corrected chi connectivity index (χ4v) is 4.14. The molecular weight excluding hydrogens is 374 g/mol. The summed E-state index contributed by atoms with van der Waals surface area (Å²) in [5, 5.41) is 13.1. The van der Waals surface area contributed by atoms with Gasteiger partial charge in [0, 0.05) is 23.4 Å². The molecule has 2 heterocycles. The Labute approximate surface area is 175 Å². The van der Waals surface area contributed by atoms with E-state index in [0.717, 1.165) is 28.1 Å². The summed E-state index contributed by atoms with van der Waals surface area (Å²) in [6, 6.07) is 26.4. The zero-order valence-corrected chi connectivity index (χ0v) is 16.3. The van der Waals surface area contributed by atoms with E-state index in [9.17, 15) is 9.90 Å². The number of phenolic OH excluding ortho intramolecular Hbond substituents is 1. The van der Waals surface area contributed by atoms with Gasteiger partial charge in [-0.05, 0) is 29.8 Å². The monoisotopic (exact) mass is 395 g/mol. The largest absolute Gasteiger partial charge is 0.508 e. The number of nitrogens with zero attached hydrogens (tertiary/aromatic N) is 2. The lowest BCUT2D eigenvalue weighted by Crippen LogP contribution is -2.33. The van der Waals surface area contributed by atoms with Crippen LogP contribution in [0.3, 0.4) is 0 Å². The van der Waals surface area contributed by atoms with Crippen molar-refractivity contribution in [3.05, 3.63) is 107 Å². The molecule has 5 rings (SSSR count). The van der Waals surface area contributed by atoms with Crippen molar-refractivity contribution in [1.82, 2.24) is 5.32 Å². The van der Waals surface area contributed by atoms with Crippen LogP contribution in [0.1, 0.15) is 17.2 Å². The molecule has 0 fully saturated rings. The first-order chi connectivity index (χ1) is 14.7. The number of para-hydroxylation sites is 1. The van der Waals surface area contributed by atoms with Crippen molar-refractivity contribution in [1.29, 1.82) is 0 Å². The molecule has 0 saturated heterocycles. The molecule has 0 aromatic heterocycles. The fourth-order valence-electron chi connectivity index (χ4n) is 4.14. The highest BCUT2D eigenvalue weighted by molar-refractivity contribution is 6.23. The van der Waals surface area contributed by atoms with E-state index < -0.39 is 0 Å². The number of aliphatic imine (C=N–C) groups is 1. The van der Waals surface area contributed by atoms with E-state index in [4.69, 9.17) is 4.99 Å². The quantitative estimate of drug-likeness (QED) is 0.709. The van der Waals surface area contributed by atoms with E-state index in [2.05, 4.69) is 5.32 Å². The average molecular weight is 395 g/mol. The van der Waals surface area contributed by atoms with E-state index in [-0.39, 0.29) is 17.7 Å². The third kappa shape index (κ3) is 3.05. The third-order valence-electron chi connectivity index (χ3n) is 5.46. The maximum Gasteiger partial charge on any atom is 0.275 e. The van der Waals surface area contributed by atoms with Gasteiger partial charge in [0.15, 0.2) is 0 Å². The molecule has 148 valence electrons. The number of rotatable bonds is 3. The van der Waals surface area contributed by atoms with Crippen LogP contribution in [0, 0.1) is 0 Å². The number of hydrogen-bond acceptors (Lipinski definition) is 4. The first-order valence-electron chi connectivity index (χ1n) is 10.00. The van der Waals surface area contributed by atoms with Crippen LogP contribution in [0.25, 0.3) is 0 Å². The fraction of sp³-hybridized carbons (Fsp3) is 0.120. The Bertz CT molecular complexity index is 1140. The normalized spacial score (nSPS) is 18.5. The zero-order valence-electron chi connectivity index (χ0n) is 16.3. The predicted molar refractivity (Wildman–Crippen MR) is 118 cm³/mol. The van der Waals surface area contributed by atoms with Crippen molar-refractivity contribution in [3.63, 3.8) is 0 Å². The number of carbonyl (C=O) groups is 1. The van der Waals surface area contributed by atoms with Crippen LogP contribution in [-0.2, 0) is 4.79 Å². The highest BCUT2D eigenvalue weighted by atomic mass is 16.3. The maximum atomic E-state index is 13.6. The minimum atomic E-state index is -0.347. The molecule has 3 aromatic carbocycles. The number of benzene rings is 3. The molecule has 0 saturated carbocycles. The van der Waals surface area contributed by atoms with Gasteiger partial charge in [0.25, 0.3) is 5.91 Å². The second-order valence-electron chi connectivity index (χ2n) is 7.32. The van der Waals surface area contributed by atoms with Gasteiger partial charge in [0.1, 0.15) is 11.4 Å². The molecule has 5 heteroatoms. The molecule has 3 aromatic rings. The smallest absolute Gasteiger partial charge is 0.275 e. The Morgan fingerprint density at radius 1 is 0.900 bits per heavy atom. The molecule has 1 atom stereocenters. The van der Waals surface area contributed by atoms with Crippen LogP contribution in [0.15, 0.2) is 101 Å². The number of carbonyl (C=O) groups excluding carboxylic acids is 1. The van der Waals surface area contributed by atoms with Gasteiger partial charge >= 0.3 is 0 Å². The lowest BCUT2D eigenvalue weighted by molar-refractivity contribution is -0.115. The SMILES string of the molecule is O=C1C2=C(C(c3ccccc3)=NCCN2)C(c2ccc(O)cc2)N1c1ccccc1. The second kappa shape index (κ2) is 7.52. The van der Waals surface area contributed by atoms with Crippen molar-refractivity contribution in [2.45, 2.75) is 6.04 Å². The van der Waals surface area contributed by atoms with Gasteiger partial charge in [0.2, 0.25) is 0 Å². The second-order valence-corrected chi connectivity index (χ2v) is 7.32. The topological polar surface area (TPSA) is 64.9 Å². The molecule has 2 aliphatic heterocycles. The van der Waals surface area contributed by atoms with Gasteiger partial charge in [-0.3, -0.25) is 14.7 Å². The Kier molecular flexibility index (Phi) is 4.56. The van der Waals surface area contributed by atoms with Gasteiger partial charge in [0.05, 0.1) is 18.3 Å². The van der Waals surface area contributed by atoms with E-state index in [0.29, 0.717) is 18.8 Å². The van der Waals surface area contributed by atoms with Crippen LogP contribution in [0.4, 0.5) is 5.69 Å². The summed E-state index contributed by atoms with van der Waals surface area (Å²) in [4.78, 5) is 20.3. The maximum absolute atomic E-state index is 13.6. The summed E-state index contributed by atoms with van der Waals surface area (Å²) in [6.45, 7) is 1.20. The van der Waals surface area contributed by atoms with Crippen molar-refractivity contribution >= 4 is 17.3 Å². The van der Waals surface area contributed by atoms with E-state index >= 15 is 0 Å².